The molecule has 2 N–H and O–H groups in total. The molecule has 1 aromatic heterocycles. The van der Waals surface area contributed by atoms with E-state index in [0.717, 1.165) is 5.56 Å². The molecule has 0 fully saturated rings. The van der Waals surface area contributed by atoms with E-state index in [2.05, 4.69) is 15.0 Å². The lowest BCUT2D eigenvalue weighted by Crippen LogP contribution is -2.17. The van der Waals surface area contributed by atoms with Crippen LogP contribution in [0.4, 0.5) is 18.9 Å². The number of hydrogen-bond acceptors (Lipinski definition) is 4. The van der Waals surface area contributed by atoms with Crippen molar-refractivity contribution in [2.75, 3.05) is 5.73 Å². The van der Waals surface area contributed by atoms with Crippen molar-refractivity contribution in [3.63, 3.8) is 0 Å². The van der Waals surface area contributed by atoms with E-state index in [1.807, 2.05) is 12.1 Å². The Hall–Kier alpha value is -3.03. The first-order valence-electron chi connectivity index (χ1n) is 6.55. The first-order chi connectivity index (χ1) is 10.9. The largest absolute Gasteiger partial charge is 0.573 e. The van der Waals surface area contributed by atoms with Crippen molar-refractivity contribution in [3.05, 3.63) is 54.7 Å². The Morgan fingerprint density at radius 2 is 1.61 bits per heavy atom. The summed E-state index contributed by atoms with van der Waals surface area (Å²) in [6.45, 7) is 0. The fraction of sp³-hybridized carbons (Fsp3) is 0.0667. The first kappa shape index (κ1) is 14.9. The van der Waals surface area contributed by atoms with Crippen LogP contribution in [0.15, 0.2) is 54.7 Å². The summed E-state index contributed by atoms with van der Waals surface area (Å²) in [5.41, 5.74) is 8.29. The molecule has 0 spiro atoms. The van der Waals surface area contributed by atoms with E-state index in [9.17, 15) is 13.2 Å². The Labute approximate surface area is 129 Å². The number of hydrogen-bond donors (Lipinski definition) is 1. The van der Waals surface area contributed by atoms with Gasteiger partial charge in [-0.2, -0.15) is 0 Å². The number of nitrogens with two attached hydrogens (primary N) is 1. The Morgan fingerprint density at radius 1 is 0.957 bits per heavy atom. The van der Waals surface area contributed by atoms with Crippen LogP contribution in [0.25, 0.3) is 16.9 Å². The minimum absolute atomic E-state index is 0.292. The molecule has 0 aliphatic heterocycles. The summed E-state index contributed by atoms with van der Waals surface area (Å²) >= 11 is 0. The average Bonchev–Trinajstić information content (AvgIpc) is 2.97. The zero-order valence-electron chi connectivity index (χ0n) is 11.7. The van der Waals surface area contributed by atoms with Crippen molar-refractivity contribution in [2.24, 2.45) is 0 Å². The SMILES string of the molecule is Nc1ccc(-c2cn(-c3ccc(OC(F)(F)F)cc3)nn2)cc1. The van der Waals surface area contributed by atoms with Crippen LogP contribution < -0.4 is 10.5 Å². The van der Waals surface area contributed by atoms with Gasteiger partial charge in [-0.15, -0.1) is 18.3 Å². The molecular weight excluding hydrogens is 309 g/mol. The van der Waals surface area contributed by atoms with Crippen LogP contribution >= 0.6 is 0 Å². The lowest BCUT2D eigenvalue weighted by atomic mass is 10.1. The molecule has 0 saturated heterocycles. The number of aromatic nitrogens is 3. The van der Waals surface area contributed by atoms with E-state index >= 15 is 0 Å². The predicted molar refractivity (Wildman–Crippen MR) is 77.9 cm³/mol. The highest BCUT2D eigenvalue weighted by atomic mass is 19.4. The third-order valence-electron chi connectivity index (χ3n) is 3.03. The second-order valence-electron chi connectivity index (χ2n) is 4.71. The van der Waals surface area contributed by atoms with E-state index in [-0.39, 0.29) is 5.75 Å². The molecule has 0 saturated carbocycles. The maximum Gasteiger partial charge on any atom is 0.573 e. The van der Waals surface area contributed by atoms with E-state index in [1.165, 1.54) is 28.9 Å². The quantitative estimate of drug-likeness (QED) is 0.751. The molecule has 1 heterocycles. The molecule has 8 heteroatoms. The number of nitrogens with zero attached hydrogens (tertiary/aromatic N) is 3. The molecule has 0 radical (unpaired) electrons. The second-order valence-corrected chi connectivity index (χ2v) is 4.71. The van der Waals surface area contributed by atoms with Gasteiger partial charge in [0.05, 0.1) is 11.9 Å². The van der Waals surface area contributed by atoms with Crippen molar-refractivity contribution in [3.8, 4) is 22.7 Å². The van der Waals surface area contributed by atoms with Gasteiger partial charge in [0.2, 0.25) is 0 Å². The summed E-state index contributed by atoms with van der Waals surface area (Å²) in [4.78, 5) is 0. The molecule has 0 unspecified atom stereocenters. The number of halogens is 3. The minimum atomic E-state index is -4.71. The van der Waals surface area contributed by atoms with Gasteiger partial charge in [0, 0.05) is 11.3 Å². The minimum Gasteiger partial charge on any atom is -0.406 e. The molecule has 0 aliphatic rings. The second kappa shape index (κ2) is 5.64. The van der Waals surface area contributed by atoms with Crippen LogP contribution in [-0.2, 0) is 0 Å². The average molecular weight is 320 g/mol. The highest BCUT2D eigenvalue weighted by Gasteiger charge is 2.30. The van der Waals surface area contributed by atoms with Crippen molar-refractivity contribution in [1.29, 1.82) is 0 Å². The van der Waals surface area contributed by atoms with Gasteiger partial charge in [-0.25, -0.2) is 4.68 Å². The van der Waals surface area contributed by atoms with E-state index < -0.39 is 6.36 Å². The van der Waals surface area contributed by atoms with Gasteiger partial charge in [0.25, 0.3) is 0 Å². The van der Waals surface area contributed by atoms with E-state index in [4.69, 9.17) is 5.73 Å². The van der Waals surface area contributed by atoms with Crippen molar-refractivity contribution >= 4 is 5.69 Å². The summed E-state index contributed by atoms with van der Waals surface area (Å²) in [6.07, 6.45) is -3.04. The van der Waals surface area contributed by atoms with E-state index in [1.54, 1.807) is 18.3 Å². The molecule has 3 rings (SSSR count). The normalized spacial score (nSPS) is 11.4. The molecule has 3 aromatic rings. The molecule has 0 amide bonds. The zero-order chi connectivity index (χ0) is 16.4. The predicted octanol–water partition coefficient (Wildman–Crippen LogP) is 3.42. The Bertz CT molecular complexity index is 795. The van der Waals surface area contributed by atoms with Gasteiger partial charge in [-0.05, 0) is 36.4 Å². The topological polar surface area (TPSA) is 66.0 Å². The highest BCUT2D eigenvalue weighted by molar-refractivity contribution is 5.61. The molecule has 5 nitrogen and oxygen atoms in total. The lowest BCUT2D eigenvalue weighted by molar-refractivity contribution is -0.274. The van der Waals surface area contributed by atoms with Crippen LogP contribution in [0.1, 0.15) is 0 Å². The third-order valence-corrected chi connectivity index (χ3v) is 3.03. The molecular formula is C15H11F3N4O. The number of nitrogen functional groups attached to an aromatic ring is 1. The third kappa shape index (κ3) is 3.60. The van der Waals surface area contributed by atoms with Crippen molar-refractivity contribution in [2.45, 2.75) is 6.36 Å². The fourth-order valence-corrected chi connectivity index (χ4v) is 1.98. The standard InChI is InChI=1S/C15H11F3N4O/c16-15(17,18)23-13-7-5-12(6-8-13)22-9-14(20-21-22)10-1-3-11(19)4-2-10/h1-9H,19H2. The van der Waals surface area contributed by atoms with Crippen molar-refractivity contribution in [1.82, 2.24) is 15.0 Å². The van der Waals surface area contributed by atoms with Crippen molar-refractivity contribution < 1.29 is 17.9 Å². The summed E-state index contributed by atoms with van der Waals surface area (Å²) in [5, 5.41) is 8.00. The van der Waals surface area contributed by atoms with Gasteiger partial charge in [0.1, 0.15) is 11.4 Å². The Balaban J connectivity index is 1.81. The number of ether oxygens (including phenoxy) is 1. The highest BCUT2D eigenvalue weighted by Crippen LogP contribution is 2.24. The summed E-state index contributed by atoms with van der Waals surface area (Å²) < 4.78 is 41.7. The summed E-state index contributed by atoms with van der Waals surface area (Å²) in [5.74, 6) is -0.292. The Morgan fingerprint density at radius 3 is 2.22 bits per heavy atom. The maximum absolute atomic E-state index is 12.1. The summed E-state index contributed by atoms with van der Waals surface area (Å²) in [6, 6.07) is 12.5. The molecule has 0 aliphatic carbocycles. The first-order valence-corrected chi connectivity index (χ1v) is 6.55. The van der Waals surface area contributed by atoms with Gasteiger partial charge >= 0.3 is 6.36 Å². The molecule has 23 heavy (non-hydrogen) atoms. The number of alkyl halides is 3. The summed E-state index contributed by atoms with van der Waals surface area (Å²) in [7, 11) is 0. The van der Waals surface area contributed by atoms with Crippen LogP contribution in [0, 0.1) is 0 Å². The smallest absolute Gasteiger partial charge is 0.406 e. The lowest BCUT2D eigenvalue weighted by Gasteiger charge is -2.08. The van der Waals surface area contributed by atoms with Crippen LogP contribution in [0.3, 0.4) is 0 Å². The van der Waals surface area contributed by atoms with Gasteiger partial charge in [-0.1, -0.05) is 17.3 Å². The molecule has 118 valence electrons. The monoisotopic (exact) mass is 320 g/mol. The maximum atomic E-state index is 12.1. The molecule has 0 bridgehead atoms. The number of anilines is 1. The molecule has 0 atom stereocenters. The van der Waals surface area contributed by atoms with Gasteiger partial charge < -0.3 is 10.5 Å². The van der Waals surface area contributed by atoms with Crippen LogP contribution in [0.5, 0.6) is 5.75 Å². The Kier molecular flexibility index (Phi) is 3.65. The van der Waals surface area contributed by atoms with E-state index in [0.29, 0.717) is 17.1 Å². The fourth-order valence-electron chi connectivity index (χ4n) is 1.98. The number of rotatable bonds is 3. The molecule has 2 aromatic carbocycles. The van der Waals surface area contributed by atoms with Gasteiger partial charge in [0.15, 0.2) is 0 Å². The van der Waals surface area contributed by atoms with Gasteiger partial charge in [-0.3, -0.25) is 0 Å². The number of benzene rings is 2. The zero-order valence-corrected chi connectivity index (χ0v) is 11.7. The van der Waals surface area contributed by atoms with Crippen LogP contribution in [-0.4, -0.2) is 21.4 Å². The van der Waals surface area contributed by atoms with Crippen LogP contribution in [0.2, 0.25) is 0 Å².